The summed E-state index contributed by atoms with van der Waals surface area (Å²) in [6.07, 6.45) is 3.61. The maximum absolute atomic E-state index is 12.4. The van der Waals surface area contributed by atoms with E-state index in [4.69, 9.17) is 10.5 Å². The molecule has 1 heterocycles. The summed E-state index contributed by atoms with van der Waals surface area (Å²) in [5.41, 5.74) is 8.37. The lowest BCUT2D eigenvalue weighted by atomic mass is 10.1. The largest absolute Gasteiger partial charge is 0.483 e. The molecule has 0 spiro atoms. The molecule has 144 valence electrons. The minimum atomic E-state index is -0.593. The summed E-state index contributed by atoms with van der Waals surface area (Å²) in [5, 5.41) is 4.33. The van der Waals surface area contributed by atoms with Crippen LogP contribution in [0.4, 0.5) is 0 Å². The van der Waals surface area contributed by atoms with Crippen LogP contribution >= 0.6 is 0 Å². The van der Waals surface area contributed by atoms with Gasteiger partial charge in [-0.1, -0.05) is 24.3 Å². The van der Waals surface area contributed by atoms with E-state index < -0.39 is 5.91 Å². The first kappa shape index (κ1) is 19.2. The average molecular weight is 378 g/mol. The fourth-order valence-corrected chi connectivity index (χ4v) is 2.73. The summed E-state index contributed by atoms with van der Waals surface area (Å²) in [7, 11) is 1.69. The van der Waals surface area contributed by atoms with Crippen LogP contribution in [0.25, 0.3) is 5.69 Å². The third-order valence-corrected chi connectivity index (χ3v) is 4.26. The van der Waals surface area contributed by atoms with Gasteiger partial charge in [-0.3, -0.25) is 9.59 Å². The quantitative estimate of drug-likeness (QED) is 0.683. The molecule has 0 aliphatic rings. The molecule has 1 aromatic heterocycles. The Hall–Kier alpha value is -3.61. The van der Waals surface area contributed by atoms with E-state index in [0.717, 1.165) is 16.8 Å². The van der Waals surface area contributed by atoms with E-state index >= 15 is 0 Å². The molecule has 0 fully saturated rings. The second-order valence-corrected chi connectivity index (χ2v) is 6.53. The van der Waals surface area contributed by atoms with Crippen molar-refractivity contribution in [1.82, 2.24) is 14.7 Å². The second-order valence-electron chi connectivity index (χ2n) is 6.53. The van der Waals surface area contributed by atoms with Gasteiger partial charge in [0.05, 0.1) is 17.4 Å². The molecule has 0 radical (unpaired) electrons. The molecule has 2 aromatic carbocycles. The van der Waals surface area contributed by atoms with Gasteiger partial charge in [0.15, 0.2) is 6.61 Å². The van der Waals surface area contributed by atoms with Crippen LogP contribution in [0, 0.1) is 6.92 Å². The smallest absolute Gasteiger partial charge is 0.260 e. The summed E-state index contributed by atoms with van der Waals surface area (Å²) in [5.74, 6) is -0.500. The summed E-state index contributed by atoms with van der Waals surface area (Å²) >= 11 is 0. The summed E-state index contributed by atoms with van der Waals surface area (Å²) in [6.45, 7) is 2.08. The van der Waals surface area contributed by atoms with E-state index in [2.05, 4.69) is 5.10 Å². The molecule has 7 heteroatoms. The van der Waals surface area contributed by atoms with Gasteiger partial charge in [0.25, 0.3) is 11.8 Å². The van der Waals surface area contributed by atoms with Crippen molar-refractivity contribution in [3.8, 4) is 11.4 Å². The van der Waals surface area contributed by atoms with Gasteiger partial charge < -0.3 is 15.4 Å². The molecule has 7 nitrogen and oxygen atoms in total. The number of aromatic nitrogens is 2. The number of carbonyl (C=O) groups is 2. The zero-order chi connectivity index (χ0) is 20.1. The van der Waals surface area contributed by atoms with Crippen LogP contribution in [0.2, 0.25) is 0 Å². The number of benzene rings is 2. The normalized spacial score (nSPS) is 10.5. The van der Waals surface area contributed by atoms with Crippen molar-refractivity contribution in [2.24, 2.45) is 5.73 Å². The highest BCUT2D eigenvalue weighted by Crippen LogP contribution is 2.20. The molecular formula is C21H22N4O3. The third-order valence-electron chi connectivity index (χ3n) is 4.26. The van der Waals surface area contributed by atoms with Crippen LogP contribution in [0.5, 0.6) is 5.75 Å². The standard InChI is InChI=1S/C21H22N4O3/c1-15-8-9-18(21(22)27)19(10-15)28-14-20(26)24(2)12-16-11-23-25(13-16)17-6-4-3-5-7-17/h3-11,13H,12,14H2,1-2H3,(H2,22,27). The summed E-state index contributed by atoms with van der Waals surface area (Å²) in [6, 6.07) is 14.8. The first-order valence-electron chi connectivity index (χ1n) is 8.80. The van der Waals surface area contributed by atoms with Crippen LogP contribution in [0.3, 0.4) is 0 Å². The van der Waals surface area contributed by atoms with Gasteiger partial charge in [0.1, 0.15) is 5.75 Å². The van der Waals surface area contributed by atoms with Crippen molar-refractivity contribution in [2.45, 2.75) is 13.5 Å². The van der Waals surface area contributed by atoms with Crippen molar-refractivity contribution >= 4 is 11.8 Å². The van der Waals surface area contributed by atoms with E-state index in [0.29, 0.717) is 12.3 Å². The molecule has 0 saturated heterocycles. The number of para-hydroxylation sites is 1. The van der Waals surface area contributed by atoms with Gasteiger partial charge in [-0.25, -0.2) is 4.68 Å². The molecule has 28 heavy (non-hydrogen) atoms. The van der Waals surface area contributed by atoms with Crippen molar-refractivity contribution in [1.29, 1.82) is 0 Å². The molecule has 0 atom stereocenters. The molecule has 0 aliphatic heterocycles. The van der Waals surface area contributed by atoms with Crippen LogP contribution in [0.1, 0.15) is 21.5 Å². The first-order valence-corrected chi connectivity index (χ1v) is 8.80. The Morgan fingerprint density at radius 1 is 1.18 bits per heavy atom. The predicted molar refractivity (Wildman–Crippen MR) is 105 cm³/mol. The number of ether oxygens (including phenoxy) is 1. The number of amides is 2. The van der Waals surface area contributed by atoms with Crippen molar-refractivity contribution in [2.75, 3.05) is 13.7 Å². The van der Waals surface area contributed by atoms with Gasteiger partial charge in [-0.15, -0.1) is 0 Å². The van der Waals surface area contributed by atoms with Crippen molar-refractivity contribution in [3.63, 3.8) is 0 Å². The Kier molecular flexibility index (Phi) is 5.74. The number of hydrogen-bond acceptors (Lipinski definition) is 4. The maximum Gasteiger partial charge on any atom is 0.260 e. The van der Waals surface area contributed by atoms with Gasteiger partial charge in [0, 0.05) is 25.4 Å². The molecule has 3 aromatic rings. The number of rotatable bonds is 7. The summed E-state index contributed by atoms with van der Waals surface area (Å²) < 4.78 is 7.32. The first-order chi connectivity index (χ1) is 13.4. The van der Waals surface area contributed by atoms with E-state index in [1.807, 2.05) is 43.5 Å². The Labute approximate surface area is 163 Å². The fraction of sp³-hybridized carbons (Fsp3) is 0.190. The molecule has 2 N–H and O–H groups in total. The lowest BCUT2D eigenvalue weighted by Gasteiger charge is -2.17. The van der Waals surface area contributed by atoms with Gasteiger partial charge in [-0.05, 0) is 36.8 Å². The van der Waals surface area contributed by atoms with Crippen molar-refractivity contribution in [3.05, 3.63) is 77.6 Å². The molecule has 3 rings (SSSR count). The van der Waals surface area contributed by atoms with Crippen LogP contribution in [-0.2, 0) is 11.3 Å². The molecule has 2 amide bonds. The van der Waals surface area contributed by atoms with Gasteiger partial charge in [-0.2, -0.15) is 5.10 Å². The van der Waals surface area contributed by atoms with E-state index in [-0.39, 0.29) is 18.1 Å². The topological polar surface area (TPSA) is 90.5 Å². The van der Waals surface area contributed by atoms with Gasteiger partial charge in [0.2, 0.25) is 0 Å². The Balaban J connectivity index is 1.61. The van der Waals surface area contributed by atoms with Crippen LogP contribution in [0.15, 0.2) is 60.9 Å². The second kappa shape index (κ2) is 8.39. The van der Waals surface area contributed by atoms with E-state index in [1.54, 1.807) is 41.0 Å². The van der Waals surface area contributed by atoms with Crippen molar-refractivity contribution < 1.29 is 14.3 Å². The number of carbonyl (C=O) groups excluding carboxylic acids is 2. The zero-order valence-corrected chi connectivity index (χ0v) is 15.8. The molecule has 0 saturated carbocycles. The molecule has 0 unspecified atom stereocenters. The fourth-order valence-electron chi connectivity index (χ4n) is 2.73. The maximum atomic E-state index is 12.4. The SMILES string of the molecule is Cc1ccc(C(N)=O)c(OCC(=O)N(C)Cc2cnn(-c3ccccc3)c2)c1. The minimum absolute atomic E-state index is 0.187. The highest BCUT2D eigenvalue weighted by atomic mass is 16.5. The molecule has 0 aliphatic carbocycles. The van der Waals surface area contributed by atoms with Gasteiger partial charge >= 0.3 is 0 Å². The minimum Gasteiger partial charge on any atom is -0.483 e. The third kappa shape index (κ3) is 4.56. The Bertz CT molecular complexity index is 982. The number of primary amides is 1. The Morgan fingerprint density at radius 2 is 1.93 bits per heavy atom. The van der Waals surface area contributed by atoms with E-state index in [9.17, 15) is 9.59 Å². The number of nitrogens with two attached hydrogens (primary N) is 1. The number of nitrogens with zero attached hydrogens (tertiary/aromatic N) is 3. The van der Waals surface area contributed by atoms with E-state index in [1.165, 1.54) is 0 Å². The molecular weight excluding hydrogens is 356 g/mol. The lowest BCUT2D eigenvalue weighted by molar-refractivity contribution is -0.132. The predicted octanol–water partition coefficient (Wildman–Crippen LogP) is 2.32. The van der Waals surface area contributed by atoms with Crippen LogP contribution < -0.4 is 10.5 Å². The number of aryl methyl sites for hydroxylation is 1. The average Bonchev–Trinajstić information content (AvgIpc) is 3.15. The number of likely N-dealkylation sites (N-methyl/N-ethyl adjacent to an activating group) is 1. The Morgan fingerprint density at radius 3 is 2.64 bits per heavy atom. The summed E-state index contributed by atoms with van der Waals surface area (Å²) in [4.78, 5) is 25.5. The zero-order valence-electron chi connectivity index (χ0n) is 15.8. The lowest BCUT2D eigenvalue weighted by Crippen LogP contribution is -2.31. The monoisotopic (exact) mass is 378 g/mol. The van der Waals surface area contributed by atoms with Crippen LogP contribution in [-0.4, -0.2) is 40.1 Å². The number of hydrogen-bond donors (Lipinski definition) is 1. The molecule has 0 bridgehead atoms. The highest BCUT2D eigenvalue weighted by Gasteiger charge is 2.15. The highest BCUT2D eigenvalue weighted by molar-refractivity contribution is 5.95.